The van der Waals surface area contributed by atoms with Crippen LogP contribution in [0.1, 0.15) is 44.7 Å². The summed E-state index contributed by atoms with van der Waals surface area (Å²) < 4.78 is 0. The summed E-state index contributed by atoms with van der Waals surface area (Å²) in [4.78, 5) is 13.6. The molecule has 2 unspecified atom stereocenters. The topological polar surface area (TPSA) is 46.3 Å². The lowest BCUT2D eigenvalue weighted by atomic mass is 10.00. The summed E-state index contributed by atoms with van der Waals surface area (Å²) in [6.07, 6.45) is 4.07. The van der Waals surface area contributed by atoms with Crippen LogP contribution in [0.2, 0.25) is 0 Å². The van der Waals surface area contributed by atoms with Crippen molar-refractivity contribution in [1.29, 1.82) is 0 Å². The first kappa shape index (κ1) is 14.1. The second kappa shape index (κ2) is 5.74. The van der Waals surface area contributed by atoms with E-state index in [0.29, 0.717) is 0 Å². The molecule has 0 saturated heterocycles. The predicted octanol–water partition coefficient (Wildman–Crippen LogP) is 2.65. The zero-order valence-corrected chi connectivity index (χ0v) is 12.1. The third-order valence-corrected chi connectivity index (χ3v) is 3.86. The molecule has 0 spiro atoms. The molecule has 0 aliphatic carbocycles. The quantitative estimate of drug-likeness (QED) is 0.904. The molecule has 1 heterocycles. The van der Waals surface area contributed by atoms with Crippen molar-refractivity contribution in [2.45, 2.75) is 58.5 Å². The van der Waals surface area contributed by atoms with Crippen molar-refractivity contribution >= 4 is 11.6 Å². The van der Waals surface area contributed by atoms with Gasteiger partial charge in [-0.15, -0.1) is 0 Å². The van der Waals surface area contributed by atoms with Crippen molar-refractivity contribution < 1.29 is 4.79 Å². The van der Waals surface area contributed by atoms with Gasteiger partial charge in [-0.3, -0.25) is 4.79 Å². The van der Waals surface area contributed by atoms with Crippen LogP contribution in [0.5, 0.6) is 0 Å². The minimum absolute atomic E-state index is 0.127. The fourth-order valence-corrected chi connectivity index (χ4v) is 3.07. The summed E-state index contributed by atoms with van der Waals surface area (Å²) in [6.45, 7) is 5.90. The molecule has 1 aliphatic rings. The van der Waals surface area contributed by atoms with E-state index in [2.05, 4.69) is 32.0 Å². The Kier molecular flexibility index (Phi) is 4.25. The van der Waals surface area contributed by atoms with Gasteiger partial charge in [-0.05, 0) is 43.4 Å². The summed E-state index contributed by atoms with van der Waals surface area (Å²) in [5.41, 5.74) is 9.75. The second-order valence-corrected chi connectivity index (χ2v) is 5.66. The van der Waals surface area contributed by atoms with Gasteiger partial charge >= 0.3 is 0 Å². The summed E-state index contributed by atoms with van der Waals surface area (Å²) in [6, 6.07) is 6.93. The van der Waals surface area contributed by atoms with Gasteiger partial charge in [0.25, 0.3) is 0 Å². The molecule has 3 nitrogen and oxygen atoms in total. The SMILES string of the molecule is CCCC(N)Cc1ccc2c(c1)CC(C)N2C(C)=O. The van der Waals surface area contributed by atoms with Crippen LogP contribution >= 0.6 is 0 Å². The summed E-state index contributed by atoms with van der Waals surface area (Å²) in [5, 5.41) is 0. The minimum atomic E-state index is 0.127. The lowest BCUT2D eigenvalue weighted by Crippen LogP contribution is -2.33. The number of rotatable bonds is 4. The molecule has 2 atom stereocenters. The molecule has 0 saturated carbocycles. The first-order valence-electron chi connectivity index (χ1n) is 7.20. The first-order chi connectivity index (χ1) is 9.02. The van der Waals surface area contributed by atoms with Crippen molar-refractivity contribution in [3.8, 4) is 0 Å². The van der Waals surface area contributed by atoms with Gasteiger partial charge in [-0.1, -0.05) is 25.5 Å². The summed E-state index contributed by atoms with van der Waals surface area (Å²) in [5.74, 6) is 0.127. The highest BCUT2D eigenvalue weighted by Crippen LogP contribution is 2.33. The van der Waals surface area contributed by atoms with Crippen LogP contribution in [0.25, 0.3) is 0 Å². The Morgan fingerprint density at radius 2 is 2.26 bits per heavy atom. The average Bonchev–Trinajstić information content (AvgIpc) is 2.64. The number of carbonyl (C=O) groups excluding carboxylic acids is 1. The number of amides is 1. The molecule has 0 fully saturated rings. The molecule has 2 N–H and O–H groups in total. The maximum atomic E-state index is 11.7. The van der Waals surface area contributed by atoms with Crippen LogP contribution in [0.15, 0.2) is 18.2 Å². The highest BCUT2D eigenvalue weighted by atomic mass is 16.2. The molecule has 0 radical (unpaired) electrons. The summed E-state index contributed by atoms with van der Waals surface area (Å²) in [7, 11) is 0. The molecule has 19 heavy (non-hydrogen) atoms. The smallest absolute Gasteiger partial charge is 0.224 e. The molecule has 104 valence electrons. The Morgan fingerprint density at radius 3 is 2.89 bits per heavy atom. The fourth-order valence-electron chi connectivity index (χ4n) is 3.07. The number of hydrogen-bond acceptors (Lipinski definition) is 2. The van der Waals surface area contributed by atoms with Gasteiger partial charge in [-0.25, -0.2) is 0 Å². The highest BCUT2D eigenvalue weighted by Gasteiger charge is 2.28. The normalized spacial score (nSPS) is 19.4. The number of carbonyl (C=O) groups is 1. The van der Waals surface area contributed by atoms with E-state index in [1.807, 2.05) is 4.90 Å². The first-order valence-corrected chi connectivity index (χ1v) is 7.20. The number of benzene rings is 1. The maximum absolute atomic E-state index is 11.7. The van der Waals surface area contributed by atoms with Gasteiger partial charge in [0, 0.05) is 24.7 Å². The van der Waals surface area contributed by atoms with Gasteiger partial charge in [0.1, 0.15) is 0 Å². The summed E-state index contributed by atoms with van der Waals surface area (Å²) >= 11 is 0. The van der Waals surface area contributed by atoms with E-state index in [1.165, 1.54) is 11.1 Å². The number of nitrogens with two attached hydrogens (primary N) is 1. The second-order valence-electron chi connectivity index (χ2n) is 5.66. The third kappa shape index (κ3) is 2.98. The zero-order chi connectivity index (χ0) is 14.0. The largest absolute Gasteiger partial charge is 0.327 e. The number of anilines is 1. The maximum Gasteiger partial charge on any atom is 0.224 e. The molecular formula is C16H24N2O. The van der Waals surface area contributed by atoms with Gasteiger partial charge in [-0.2, -0.15) is 0 Å². The molecular weight excluding hydrogens is 236 g/mol. The van der Waals surface area contributed by atoms with Gasteiger partial charge in [0.2, 0.25) is 5.91 Å². The number of fused-ring (bicyclic) bond motifs is 1. The lowest BCUT2D eigenvalue weighted by molar-refractivity contribution is -0.116. The van der Waals surface area contributed by atoms with Crippen LogP contribution < -0.4 is 10.6 Å². The van der Waals surface area contributed by atoms with E-state index in [1.54, 1.807) is 6.92 Å². The van der Waals surface area contributed by atoms with Crippen molar-refractivity contribution in [1.82, 2.24) is 0 Å². The molecule has 0 aromatic heterocycles. The monoisotopic (exact) mass is 260 g/mol. The van der Waals surface area contributed by atoms with Crippen LogP contribution in [0, 0.1) is 0 Å². The zero-order valence-electron chi connectivity index (χ0n) is 12.1. The van der Waals surface area contributed by atoms with Crippen molar-refractivity contribution in [3.05, 3.63) is 29.3 Å². The van der Waals surface area contributed by atoms with Crippen LogP contribution in [-0.2, 0) is 17.6 Å². The molecule has 1 aromatic rings. The number of hydrogen-bond donors (Lipinski definition) is 1. The van der Waals surface area contributed by atoms with E-state index < -0.39 is 0 Å². The third-order valence-electron chi connectivity index (χ3n) is 3.86. The van der Waals surface area contributed by atoms with Gasteiger partial charge in [0.05, 0.1) is 0 Å². The fraction of sp³-hybridized carbons (Fsp3) is 0.562. The minimum Gasteiger partial charge on any atom is -0.327 e. The Balaban J connectivity index is 2.18. The van der Waals surface area contributed by atoms with E-state index >= 15 is 0 Å². The molecule has 2 rings (SSSR count). The predicted molar refractivity (Wildman–Crippen MR) is 79.4 cm³/mol. The van der Waals surface area contributed by atoms with Crippen LogP contribution in [0.4, 0.5) is 5.69 Å². The van der Waals surface area contributed by atoms with Gasteiger partial charge < -0.3 is 10.6 Å². The molecule has 3 heteroatoms. The highest BCUT2D eigenvalue weighted by molar-refractivity contribution is 5.94. The van der Waals surface area contributed by atoms with Gasteiger partial charge in [0.15, 0.2) is 0 Å². The van der Waals surface area contributed by atoms with Crippen molar-refractivity contribution in [2.24, 2.45) is 5.73 Å². The van der Waals surface area contributed by atoms with Crippen molar-refractivity contribution in [2.75, 3.05) is 4.90 Å². The number of nitrogens with zero attached hydrogens (tertiary/aromatic N) is 1. The standard InChI is InChI=1S/C16H24N2O/c1-4-5-15(17)10-13-6-7-16-14(9-13)8-11(2)18(16)12(3)19/h6-7,9,11,15H,4-5,8,10,17H2,1-3H3. The van der Waals surface area contributed by atoms with E-state index in [4.69, 9.17) is 5.73 Å². The Bertz CT molecular complexity index is 470. The average molecular weight is 260 g/mol. The molecule has 0 bridgehead atoms. The van der Waals surface area contributed by atoms with Crippen molar-refractivity contribution in [3.63, 3.8) is 0 Å². The van der Waals surface area contributed by atoms with E-state index in [-0.39, 0.29) is 18.0 Å². The Labute approximate surface area is 115 Å². The van der Waals surface area contributed by atoms with Crippen LogP contribution in [0.3, 0.4) is 0 Å². The Hall–Kier alpha value is -1.35. The van der Waals surface area contributed by atoms with E-state index in [9.17, 15) is 4.79 Å². The van der Waals surface area contributed by atoms with Crippen LogP contribution in [-0.4, -0.2) is 18.0 Å². The molecule has 1 aliphatic heterocycles. The molecule has 1 aromatic carbocycles. The van der Waals surface area contributed by atoms with E-state index in [0.717, 1.165) is 31.4 Å². The lowest BCUT2D eigenvalue weighted by Gasteiger charge is -2.20. The Morgan fingerprint density at radius 1 is 1.53 bits per heavy atom. The molecule has 1 amide bonds.